The Morgan fingerprint density at radius 2 is 2.10 bits per heavy atom. The van der Waals surface area contributed by atoms with E-state index < -0.39 is 11.7 Å². The molecular weight excluding hydrogens is 409 g/mol. The molecule has 9 heteroatoms. The summed E-state index contributed by atoms with van der Waals surface area (Å²) in [5.41, 5.74) is 6.67. The molecule has 1 aliphatic heterocycles. The maximum absolute atomic E-state index is 13.5. The van der Waals surface area contributed by atoms with Crippen molar-refractivity contribution in [2.75, 3.05) is 23.3 Å². The predicted molar refractivity (Wildman–Crippen MR) is 112 cm³/mol. The lowest BCUT2D eigenvalue weighted by Crippen LogP contribution is -2.54. The fraction of sp³-hybridized carbons (Fsp3) is 0.190. The molecule has 4 rings (SSSR count). The minimum atomic E-state index is -0.502. The van der Waals surface area contributed by atoms with Gasteiger partial charge in [0.2, 0.25) is 11.9 Å². The summed E-state index contributed by atoms with van der Waals surface area (Å²) in [7, 11) is 0. The van der Waals surface area contributed by atoms with Crippen molar-refractivity contribution < 1.29 is 13.9 Å². The molecule has 3 aromatic rings. The highest BCUT2D eigenvalue weighted by Gasteiger charge is 2.30. The van der Waals surface area contributed by atoms with E-state index in [1.807, 2.05) is 17.0 Å². The van der Waals surface area contributed by atoms with Gasteiger partial charge < -0.3 is 20.7 Å². The summed E-state index contributed by atoms with van der Waals surface area (Å²) in [5.74, 6) is 0.718. The number of nitrogens with one attached hydrogen (secondary N) is 1. The first-order chi connectivity index (χ1) is 14.5. The largest absolute Gasteiger partial charge is 0.487 e. The van der Waals surface area contributed by atoms with Gasteiger partial charge in [-0.3, -0.25) is 4.79 Å². The van der Waals surface area contributed by atoms with E-state index in [-0.39, 0.29) is 11.1 Å². The summed E-state index contributed by atoms with van der Waals surface area (Å²) in [6.07, 6.45) is 1.61. The Morgan fingerprint density at radius 3 is 2.87 bits per heavy atom. The van der Waals surface area contributed by atoms with Gasteiger partial charge in [0.15, 0.2) is 0 Å². The first-order valence-electron chi connectivity index (χ1n) is 9.30. The summed E-state index contributed by atoms with van der Waals surface area (Å²) in [6.45, 7) is 1.71. The number of hydrogen-bond acceptors (Lipinski definition) is 6. The molecule has 1 saturated heterocycles. The van der Waals surface area contributed by atoms with Gasteiger partial charge in [-0.1, -0.05) is 23.7 Å². The molecule has 0 saturated carbocycles. The third-order valence-corrected chi connectivity index (χ3v) is 4.98. The monoisotopic (exact) mass is 427 g/mol. The molecule has 0 spiro atoms. The van der Waals surface area contributed by atoms with Gasteiger partial charge in [0.25, 0.3) is 0 Å². The summed E-state index contributed by atoms with van der Waals surface area (Å²) in [5, 5.41) is 3.22. The first kappa shape index (κ1) is 19.9. The zero-order valence-corrected chi connectivity index (χ0v) is 16.6. The first-order valence-corrected chi connectivity index (χ1v) is 9.68. The number of aromatic nitrogens is 2. The lowest BCUT2D eigenvalue weighted by molar-refractivity contribution is 0.1000. The lowest BCUT2D eigenvalue weighted by Gasteiger charge is -2.39. The molecule has 1 amide bonds. The van der Waals surface area contributed by atoms with Gasteiger partial charge in [0.1, 0.15) is 23.5 Å². The highest BCUT2D eigenvalue weighted by atomic mass is 35.5. The minimum absolute atomic E-state index is 0.0616. The van der Waals surface area contributed by atoms with E-state index in [1.165, 1.54) is 12.1 Å². The quantitative estimate of drug-likeness (QED) is 0.601. The molecule has 2 heterocycles. The Kier molecular flexibility index (Phi) is 5.67. The van der Waals surface area contributed by atoms with Gasteiger partial charge in [-0.15, -0.1) is 0 Å². The molecule has 2 aromatic carbocycles. The number of carbonyl (C=O) groups excluding carboxylic acids is 1. The number of nitrogens with zero attached hydrogens (tertiary/aromatic N) is 3. The van der Waals surface area contributed by atoms with E-state index in [2.05, 4.69) is 15.3 Å². The van der Waals surface area contributed by atoms with Crippen LogP contribution in [0.3, 0.4) is 0 Å². The molecule has 3 N–H and O–H groups in total. The van der Waals surface area contributed by atoms with Gasteiger partial charge in [0.05, 0.1) is 18.1 Å². The Morgan fingerprint density at radius 1 is 1.27 bits per heavy atom. The Bertz CT molecular complexity index is 1070. The Balaban J connectivity index is 1.32. The van der Waals surface area contributed by atoms with E-state index in [9.17, 15) is 9.18 Å². The second kappa shape index (κ2) is 8.54. The van der Waals surface area contributed by atoms with Gasteiger partial charge in [0, 0.05) is 24.4 Å². The van der Waals surface area contributed by atoms with Crippen molar-refractivity contribution in [2.45, 2.75) is 12.6 Å². The SMILES string of the molecule is NC(=O)c1cccc(CNc2nccc(N3CC(Oc4ccc(Cl)c(F)c4)C3)n2)c1. The van der Waals surface area contributed by atoms with Crippen molar-refractivity contribution in [3.63, 3.8) is 0 Å². The summed E-state index contributed by atoms with van der Waals surface area (Å²) < 4.78 is 19.3. The third-order valence-electron chi connectivity index (χ3n) is 4.67. The average molecular weight is 428 g/mol. The highest BCUT2D eigenvalue weighted by Crippen LogP contribution is 2.25. The number of primary amides is 1. The Hall–Kier alpha value is -3.39. The second-order valence-corrected chi connectivity index (χ2v) is 7.28. The normalized spacial score (nSPS) is 13.6. The molecule has 7 nitrogen and oxygen atoms in total. The highest BCUT2D eigenvalue weighted by molar-refractivity contribution is 6.30. The molecule has 0 atom stereocenters. The van der Waals surface area contributed by atoms with Crippen LogP contribution in [-0.2, 0) is 6.54 Å². The number of amides is 1. The zero-order chi connectivity index (χ0) is 21.1. The van der Waals surface area contributed by atoms with Crippen molar-refractivity contribution in [3.05, 3.63) is 76.7 Å². The van der Waals surface area contributed by atoms with Crippen molar-refractivity contribution in [3.8, 4) is 5.75 Å². The van der Waals surface area contributed by atoms with Crippen LogP contribution in [0.4, 0.5) is 16.2 Å². The van der Waals surface area contributed by atoms with Crippen molar-refractivity contribution in [1.82, 2.24) is 9.97 Å². The number of benzene rings is 2. The lowest BCUT2D eigenvalue weighted by atomic mass is 10.1. The van der Waals surface area contributed by atoms with E-state index in [1.54, 1.807) is 30.5 Å². The number of anilines is 2. The van der Waals surface area contributed by atoms with Crippen molar-refractivity contribution in [1.29, 1.82) is 0 Å². The molecule has 0 unspecified atom stereocenters. The van der Waals surface area contributed by atoms with Crippen LogP contribution in [0.25, 0.3) is 0 Å². The molecule has 0 bridgehead atoms. The summed E-state index contributed by atoms with van der Waals surface area (Å²) >= 11 is 5.69. The van der Waals surface area contributed by atoms with Crippen LogP contribution in [0.5, 0.6) is 5.75 Å². The number of hydrogen-bond donors (Lipinski definition) is 2. The molecule has 0 radical (unpaired) electrons. The van der Waals surface area contributed by atoms with Gasteiger partial charge in [-0.2, -0.15) is 4.98 Å². The van der Waals surface area contributed by atoms with Gasteiger partial charge in [-0.05, 0) is 35.9 Å². The molecule has 1 aromatic heterocycles. The van der Waals surface area contributed by atoms with Crippen LogP contribution in [-0.4, -0.2) is 35.1 Å². The van der Waals surface area contributed by atoms with Gasteiger partial charge in [-0.25, -0.2) is 9.37 Å². The van der Waals surface area contributed by atoms with E-state index >= 15 is 0 Å². The molecular formula is C21H19ClFN5O2. The topological polar surface area (TPSA) is 93.4 Å². The van der Waals surface area contributed by atoms with E-state index in [0.29, 0.717) is 36.9 Å². The van der Waals surface area contributed by atoms with Crippen LogP contribution in [0.2, 0.25) is 5.02 Å². The average Bonchev–Trinajstić information content (AvgIpc) is 2.72. The summed E-state index contributed by atoms with van der Waals surface area (Å²) in [6, 6.07) is 13.3. The summed E-state index contributed by atoms with van der Waals surface area (Å²) in [4.78, 5) is 22.1. The molecule has 1 aliphatic rings. The van der Waals surface area contributed by atoms with Crippen LogP contribution in [0.15, 0.2) is 54.7 Å². The standard InChI is InChI=1S/C21H19ClFN5O2/c22-17-5-4-15(9-18(17)23)30-16-11-28(12-16)19-6-7-25-21(27-19)26-10-13-2-1-3-14(8-13)20(24)29/h1-9,16H,10-12H2,(H2,24,29)(H,25,26,27). The van der Waals surface area contributed by atoms with Crippen LogP contribution in [0, 0.1) is 5.82 Å². The number of halogens is 2. The van der Waals surface area contributed by atoms with Crippen molar-refractivity contribution in [2.24, 2.45) is 5.73 Å². The van der Waals surface area contributed by atoms with E-state index in [4.69, 9.17) is 22.1 Å². The second-order valence-electron chi connectivity index (χ2n) is 6.88. The third kappa shape index (κ3) is 4.60. The number of rotatable bonds is 7. The van der Waals surface area contributed by atoms with Crippen LogP contribution in [0.1, 0.15) is 15.9 Å². The maximum Gasteiger partial charge on any atom is 0.248 e. The molecule has 154 valence electrons. The minimum Gasteiger partial charge on any atom is -0.487 e. The molecule has 30 heavy (non-hydrogen) atoms. The van der Waals surface area contributed by atoms with E-state index in [0.717, 1.165) is 11.4 Å². The fourth-order valence-electron chi connectivity index (χ4n) is 3.07. The zero-order valence-electron chi connectivity index (χ0n) is 15.9. The number of ether oxygens (including phenoxy) is 1. The van der Waals surface area contributed by atoms with Crippen molar-refractivity contribution >= 4 is 29.3 Å². The molecule has 1 fully saturated rings. The number of carbonyl (C=O) groups is 1. The Labute approximate surface area is 177 Å². The molecule has 0 aliphatic carbocycles. The van der Waals surface area contributed by atoms with Crippen LogP contribution < -0.4 is 20.7 Å². The number of nitrogens with two attached hydrogens (primary N) is 1. The van der Waals surface area contributed by atoms with Crippen LogP contribution >= 0.6 is 11.6 Å². The smallest absolute Gasteiger partial charge is 0.248 e. The predicted octanol–water partition coefficient (Wildman–Crippen LogP) is 3.25. The maximum atomic E-state index is 13.5. The van der Waals surface area contributed by atoms with Gasteiger partial charge >= 0.3 is 0 Å². The fourth-order valence-corrected chi connectivity index (χ4v) is 3.19.